The van der Waals surface area contributed by atoms with Crippen molar-refractivity contribution in [1.82, 2.24) is 4.90 Å². The number of hydrogen-bond donors (Lipinski definition) is 0. The van der Waals surface area contributed by atoms with Crippen LogP contribution in [0.1, 0.15) is 5.56 Å². The van der Waals surface area contributed by atoms with Gasteiger partial charge in [-0.05, 0) is 12.1 Å². The molecule has 0 N–H and O–H groups in total. The van der Waals surface area contributed by atoms with Gasteiger partial charge in [0.2, 0.25) is 0 Å². The Balaban J connectivity index is 1.65. The summed E-state index contributed by atoms with van der Waals surface area (Å²) >= 11 is 1.51. The number of allylic oxidation sites excluding steroid dienone is 2. The number of aliphatic imine (C=N–C) groups is 1. The lowest BCUT2D eigenvalue weighted by atomic mass is 10.2. The SMILES string of the molecule is O=C(OCc1cccc(F)c1F)N1C=CC2=NCSC2=C1. The second-order valence-corrected chi connectivity index (χ2v) is 5.29. The molecule has 7 heteroatoms. The number of hydrogen-bond acceptors (Lipinski definition) is 4. The van der Waals surface area contributed by atoms with Gasteiger partial charge >= 0.3 is 6.09 Å². The van der Waals surface area contributed by atoms with Gasteiger partial charge in [-0.3, -0.25) is 9.89 Å². The number of halogens is 2. The third kappa shape index (κ3) is 2.82. The third-order valence-electron chi connectivity index (χ3n) is 2.95. The van der Waals surface area contributed by atoms with Crippen LogP contribution in [-0.2, 0) is 11.3 Å². The number of carbonyl (C=O) groups is 1. The maximum Gasteiger partial charge on any atom is 0.418 e. The number of nitrogens with zero attached hydrogens (tertiary/aromatic N) is 2. The Kier molecular flexibility index (Phi) is 3.74. The number of amides is 1. The Labute approximate surface area is 123 Å². The molecule has 0 unspecified atom stereocenters. The van der Waals surface area contributed by atoms with Crippen LogP contribution in [0.15, 0.2) is 46.6 Å². The summed E-state index contributed by atoms with van der Waals surface area (Å²) in [4.78, 5) is 18.3. The van der Waals surface area contributed by atoms with Crippen LogP contribution < -0.4 is 0 Å². The molecule has 21 heavy (non-hydrogen) atoms. The van der Waals surface area contributed by atoms with Crippen LogP contribution in [0.3, 0.4) is 0 Å². The predicted molar refractivity (Wildman–Crippen MR) is 75.5 cm³/mol. The molecule has 3 rings (SSSR count). The van der Waals surface area contributed by atoms with Gasteiger partial charge in [-0.2, -0.15) is 0 Å². The molecule has 0 spiro atoms. The van der Waals surface area contributed by atoms with Crippen LogP contribution in [0.25, 0.3) is 0 Å². The Bertz CT molecular complexity index is 686. The molecule has 1 amide bonds. The maximum absolute atomic E-state index is 13.4. The highest BCUT2D eigenvalue weighted by molar-refractivity contribution is 8.04. The second-order valence-electron chi connectivity index (χ2n) is 4.30. The van der Waals surface area contributed by atoms with Crippen molar-refractivity contribution >= 4 is 23.6 Å². The van der Waals surface area contributed by atoms with Crippen LogP contribution in [0, 0.1) is 11.6 Å². The van der Waals surface area contributed by atoms with Crippen LogP contribution in [-0.4, -0.2) is 22.6 Å². The van der Waals surface area contributed by atoms with Crippen LogP contribution in [0.2, 0.25) is 0 Å². The highest BCUT2D eigenvalue weighted by atomic mass is 32.2. The maximum atomic E-state index is 13.4. The summed E-state index contributed by atoms with van der Waals surface area (Å²) in [5, 5.41) is 0. The van der Waals surface area contributed by atoms with Gasteiger partial charge in [0.25, 0.3) is 0 Å². The first-order valence-electron chi connectivity index (χ1n) is 6.11. The molecule has 0 saturated heterocycles. The minimum absolute atomic E-state index is 0.00511. The Morgan fingerprint density at radius 2 is 2.29 bits per heavy atom. The van der Waals surface area contributed by atoms with Gasteiger partial charge in [0.1, 0.15) is 6.61 Å². The van der Waals surface area contributed by atoms with E-state index >= 15 is 0 Å². The van der Waals surface area contributed by atoms with E-state index in [1.807, 2.05) is 0 Å². The van der Waals surface area contributed by atoms with E-state index in [0.29, 0.717) is 5.88 Å². The van der Waals surface area contributed by atoms with Gasteiger partial charge in [-0.15, -0.1) is 0 Å². The molecule has 2 aliphatic heterocycles. The zero-order valence-electron chi connectivity index (χ0n) is 10.8. The number of ether oxygens (including phenoxy) is 1. The fraction of sp³-hybridized carbons (Fsp3) is 0.143. The van der Waals surface area contributed by atoms with Crippen LogP contribution >= 0.6 is 11.8 Å². The van der Waals surface area contributed by atoms with Crippen LogP contribution in [0.4, 0.5) is 13.6 Å². The Morgan fingerprint density at radius 3 is 3.14 bits per heavy atom. The van der Waals surface area contributed by atoms with Gasteiger partial charge in [0, 0.05) is 18.0 Å². The van der Waals surface area contributed by atoms with Crippen molar-refractivity contribution in [3.05, 3.63) is 58.8 Å². The van der Waals surface area contributed by atoms with Crippen molar-refractivity contribution in [2.24, 2.45) is 4.99 Å². The molecule has 0 radical (unpaired) electrons. The lowest BCUT2D eigenvalue weighted by Gasteiger charge is -2.18. The average molecular weight is 308 g/mol. The summed E-state index contributed by atoms with van der Waals surface area (Å²) in [6.07, 6.45) is 4.19. The molecule has 4 nitrogen and oxygen atoms in total. The van der Waals surface area contributed by atoms with Gasteiger partial charge in [-0.1, -0.05) is 23.9 Å². The van der Waals surface area contributed by atoms with Gasteiger partial charge in [0.05, 0.1) is 16.5 Å². The second kappa shape index (κ2) is 5.69. The highest BCUT2D eigenvalue weighted by Gasteiger charge is 2.21. The first-order valence-corrected chi connectivity index (χ1v) is 7.09. The van der Waals surface area contributed by atoms with Crippen molar-refractivity contribution in [3.63, 3.8) is 0 Å². The van der Waals surface area contributed by atoms with Crippen molar-refractivity contribution < 1.29 is 18.3 Å². The molecule has 0 saturated carbocycles. The zero-order chi connectivity index (χ0) is 14.8. The van der Waals surface area contributed by atoms with Crippen LogP contribution in [0.5, 0.6) is 0 Å². The summed E-state index contributed by atoms with van der Waals surface area (Å²) in [5.74, 6) is -1.34. The van der Waals surface area contributed by atoms with Gasteiger partial charge in [-0.25, -0.2) is 13.6 Å². The number of benzene rings is 1. The van der Waals surface area contributed by atoms with E-state index < -0.39 is 17.7 Å². The molecule has 0 atom stereocenters. The third-order valence-corrected chi connectivity index (χ3v) is 3.83. The number of rotatable bonds is 2. The topological polar surface area (TPSA) is 41.9 Å². The lowest BCUT2D eigenvalue weighted by molar-refractivity contribution is 0.119. The molecule has 0 aliphatic carbocycles. The van der Waals surface area contributed by atoms with E-state index in [1.165, 1.54) is 35.0 Å². The lowest BCUT2D eigenvalue weighted by Crippen LogP contribution is -2.24. The Morgan fingerprint density at radius 1 is 1.43 bits per heavy atom. The molecule has 0 bridgehead atoms. The van der Waals surface area contributed by atoms with Crippen molar-refractivity contribution in [2.45, 2.75) is 6.61 Å². The summed E-state index contributed by atoms with van der Waals surface area (Å²) in [7, 11) is 0. The summed E-state index contributed by atoms with van der Waals surface area (Å²) < 4.78 is 31.5. The molecule has 1 aromatic carbocycles. The van der Waals surface area contributed by atoms with E-state index in [4.69, 9.17) is 4.74 Å². The molecule has 2 heterocycles. The molecule has 0 aromatic heterocycles. The van der Waals surface area contributed by atoms with Gasteiger partial charge < -0.3 is 4.74 Å². The minimum Gasteiger partial charge on any atom is -0.444 e. The average Bonchev–Trinajstić information content (AvgIpc) is 2.96. The van der Waals surface area contributed by atoms with E-state index in [0.717, 1.165) is 16.7 Å². The fourth-order valence-electron chi connectivity index (χ4n) is 1.87. The normalized spacial score (nSPS) is 16.4. The monoisotopic (exact) mass is 308 g/mol. The quantitative estimate of drug-likeness (QED) is 0.840. The molecule has 0 fully saturated rings. The largest absolute Gasteiger partial charge is 0.444 e. The van der Waals surface area contributed by atoms with Gasteiger partial charge in [0.15, 0.2) is 11.6 Å². The first kappa shape index (κ1) is 13.8. The van der Waals surface area contributed by atoms with E-state index in [1.54, 1.807) is 12.3 Å². The molecular weight excluding hydrogens is 298 g/mol. The predicted octanol–water partition coefficient (Wildman–Crippen LogP) is 3.42. The molecular formula is C14H10F2N2O2S. The zero-order valence-corrected chi connectivity index (χ0v) is 11.6. The molecule has 108 valence electrons. The van der Waals surface area contributed by atoms with E-state index in [2.05, 4.69) is 4.99 Å². The van der Waals surface area contributed by atoms with Crippen molar-refractivity contribution in [2.75, 3.05) is 5.88 Å². The van der Waals surface area contributed by atoms with Crippen molar-refractivity contribution in [3.8, 4) is 0 Å². The number of carbonyl (C=O) groups excluding carboxylic acids is 1. The number of fused-ring (bicyclic) bond motifs is 1. The van der Waals surface area contributed by atoms with E-state index in [9.17, 15) is 13.6 Å². The number of thioether (sulfide) groups is 1. The standard InChI is InChI=1S/C14H10F2N2O2S/c15-10-3-1-2-9(13(10)16)7-20-14(19)18-5-4-11-12(6-18)21-8-17-11/h1-6H,7-8H2. The Hall–Kier alpha value is -2.15. The summed E-state index contributed by atoms with van der Waals surface area (Å²) in [6, 6.07) is 3.74. The fourth-order valence-corrected chi connectivity index (χ4v) is 2.68. The molecule has 1 aromatic rings. The highest BCUT2D eigenvalue weighted by Crippen LogP contribution is 2.28. The smallest absolute Gasteiger partial charge is 0.418 e. The summed E-state index contributed by atoms with van der Waals surface area (Å²) in [6.45, 7) is -0.329. The van der Waals surface area contributed by atoms with Crippen molar-refractivity contribution in [1.29, 1.82) is 0 Å². The first-order chi connectivity index (χ1) is 10.1. The molecule has 2 aliphatic rings. The van der Waals surface area contributed by atoms with E-state index in [-0.39, 0.29) is 12.2 Å². The summed E-state index contributed by atoms with van der Waals surface area (Å²) in [5.41, 5.74) is 0.828. The minimum atomic E-state index is -1.00.